The van der Waals surface area contributed by atoms with Crippen LogP contribution in [0.1, 0.15) is 15.9 Å². The smallest absolute Gasteiger partial charge is 0.256 e. The van der Waals surface area contributed by atoms with E-state index in [2.05, 4.69) is 21.2 Å². The van der Waals surface area contributed by atoms with Crippen molar-refractivity contribution in [3.63, 3.8) is 0 Å². The first-order chi connectivity index (χ1) is 9.40. The summed E-state index contributed by atoms with van der Waals surface area (Å²) in [5.41, 5.74) is 0.228. The average Bonchev–Trinajstić information content (AvgIpc) is 2.36. The van der Waals surface area contributed by atoms with E-state index in [0.717, 1.165) is 0 Å². The Kier molecular flexibility index (Phi) is 4.13. The number of hydrogen-bond acceptors (Lipinski definition) is 1. The van der Waals surface area contributed by atoms with Crippen LogP contribution in [0.3, 0.4) is 0 Å². The molecule has 2 rings (SSSR count). The van der Waals surface area contributed by atoms with Gasteiger partial charge in [-0.25, -0.2) is 13.2 Å². The van der Waals surface area contributed by atoms with Crippen LogP contribution < -0.4 is 5.32 Å². The molecule has 0 saturated carbocycles. The molecule has 0 atom stereocenters. The fourth-order valence-corrected chi connectivity index (χ4v) is 2.06. The summed E-state index contributed by atoms with van der Waals surface area (Å²) in [4.78, 5) is 12.0. The standard InChI is InChI=1S/C14H9BrF3NO/c1-7-9(3-2-4-10(7)15)14(20)19-13-11(17)5-8(16)6-12(13)18/h2-6H,1H3,(H,19,20). The lowest BCUT2D eigenvalue weighted by atomic mass is 10.1. The van der Waals surface area contributed by atoms with Crippen LogP contribution in [0.15, 0.2) is 34.8 Å². The van der Waals surface area contributed by atoms with Crippen LogP contribution in [0.2, 0.25) is 0 Å². The average molecular weight is 344 g/mol. The van der Waals surface area contributed by atoms with Gasteiger partial charge in [0, 0.05) is 22.2 Å². The molecule has 0 aromatic heterocycles. The van der Waals surface area contributed by atoms with E-state index in [4.69, 9.17) is 0 Å². The summed E-state index contributed by atoms with van der Waals surface area (Å²) < 4.78 is 40.4. The zero-order chi connectivity index (χ0) is 14.9. The Balaban J connectivity index is 2.36. The highest BCUT2D eigenvalue weighted by atomic mass is 79.9. The minimum Gasteiger partial charge on any atom is -0.317 e. The summed E-state index contributed by atoms with van der Waals surface area (Å²) in [5, 5.41) is 2.11. The topological polar surface area (TPSA) is 29.1 Å². The van der Waals surface area contributed by atoms with E-state index in [9.17, 15) is 18.0 Å². The third-order valence-corrected chi connectivity index (χ3v) is 3.62. The summed E-state index contributed by atoms with van der Waals surface area (Å²) in [5.74, 6) is -4.04. The van der Waals surface area contributed by atoms with Gasteiger partial charge in [-0.1, -0.05) is 22.0 Å². The van der Waals surface area contributed by atoms with E-state index in [-0.39, 0.29) is 5.56 Å². The molecule has 1 N–H and O–H groups in total. The van der Waals surface area contributed by atoms with Crippen molar-refractivity contribution < 1.29 is 18.0 Å². The van der Waals surface area contributed by atoms with Crippen LogP contribution in [-0.4, -0.2) is 5.91 Å². The van der Waals surface area contributed by atoms with Gasteiger partial charge in [-0.15, -0.1) is 0 Å². The maximum atomic E-state index is 13.5. The van der Waals surface area contributed by atoms with E-state index in [1.54, 1.807) is 19.1 Å². The molecule has 0 heterocycles. The summed E-state index contributed by atoms with van der Waals surface area (Å²) in [6.45, 7) is 1.69. The van der Waals surface area contributed by atoms with E-state index < -0.39 is 29.0 Å². The molecule has 0 bridgehead atoms. The molecule has 104 valence electrons. The number of carbonyl (C=O) groups excluding carboxylic acids is 1. The summed E-state index contributed by atoms with van der Waals surface area (Å²) in [6.07, 6.45) is 0. The first kappa shape index (κ1) is 14.6. The van der Waals surface area contributed by atoms with Gasteiger partial charge in [-0.05, 0) is 24.6 Å². The van der Waals surface area contributed by atoms with Crippen molar-refractivity contribution in [3.05, 3.63) is 63.4 Å². The number of anilines is 1. The highest BCUT2D eigenvalue weighted by Crippen LogP contribution is 2.23. The first-order valence-corrected chi connectivity index (χ1v) is 6.40. The van der Waals surface area contributed by atoms with Crippen molar-refractivity contribution in [3.8, 4) is 0 Å². The molecule has 20 heavy (non-hydrogen) atoms. The number of hydrogen-bond donors (Lipinski definition) is 1. The summed E-state index contributed by atoms with van der Waals surface area (Å²) in [6, 6.07) is 5.90. The fourth-order valence-electron chi connectivity index (χ4n) is 1.70. The molecule has 2 nitrogen and oxygen atoms in total. The summed E-state index contributed by atoms with van der Waals surface area (Å²) >= 11 is 3.26. The van der Waals surface area contributed by atoms with Gasteiger partial charge in [-0.2, -0.15) is 0 Å². The lowest BCUT2D eigenvalue weighted by molar-refractivity contribution is 0.102. The van der Waals surface area contributed by atoms with Gasteiger partial charge in [0.05, 0.1) is 0 Å². The Morgan fingerprint density at radius 3 is 2.35 bits per heavy atom. The maximum absolute atomic E-state index is 13.5. The lowest BCUT2D eigenvalue weighted by Gasteiger charge is -2.10. The number of nitrogens with one attached hydrogen (secondary N) is 1. The Bertz CT molecular complexity index is 665. The quantitative estimate of drug-likeness (QED) is 0.858. The second kappa shape index (κ2) is 5.66. The summed E-state index contributed by atoms with van der Waals surface area (Å²) in [7, 11) is 0. The Morgan fingerprint density at radius 2 is 1.75 bits per heavy atom. The predicted octanol–water partition coefficient (Wildman–Crippen LogP) is 4.43. The van der Waals surface area contributed by atoms with Crippen LogP contribution in [-0.2, 0) is 0 Å². The molecular formula is C14H9BrF3NO. The van der Waals surface area contributed by atoms with Gasteiger partial charge in [0.25, 0.3) is 5.91 Å². The Labute approximate surface area is 121 Å². The molecule has 0 aliphatic heterocycles. The predicted molar refractivity (Wildman–Crippen MR) is 73.1 cm³/mol. The van der Waals surface area contributed by atoms with Crippen LogP contribution in [0.25, 0.3) is 0 Å². The van der Waals surface area contributed by atoms with Gasteiger partial charge < -0.3 is 5.32 Å². The van der Waals surface area contributed by atoms with E-state index >= 15 is 0 Å². The number of amides is 1. The molecule has 0 aliphatic rings. The van der Waals surface area contributed by atoms with Crippen LogP contribution in [0.4, 0.5) is 18.9 Å². The molecule has 0 aliphatic carbocycles. The van der Waals surface area contributed by atoms with E-state index in [1.165, 1.54) is 6.07 Å². The largest absolute Gasteiger partial charge is 0.317 e. The molecule has 2 aromatic carbocycles. The molecule has 1 amide bonds. The van der Waals surface area contributed by atoms with Crippen LogP contribution in [0, 0.1) is 24.4 Å². The van der Waals surface area contributed by atoms with Crippen molar-refractivity contribution in [2.24, 2.45) is 0 Å². The molecule has 0 spiro atoms. The van der Waals surface area contributed by atoms with Crippen molar-refractivity contribution in [2.75, 3.05) is 5.32 Å². The van der Waals surface area contributed by atoms with Gasteiger partial charge in [0.1, 0.15) is 11.5 Å². The zero-order valence-electron chi connectivity index (χ0n) is 10.3. The van der Waals surface area contributed by atoms with E-state index in [1.807, 2.05) is 0 Å². The Morgan fingerprint density at radius 1 is 1.15 bits per heavy atom. The minimum atomic E-state index is -1.16. The highest BCUT2D eigenvalue weighted by Gasteiger charge is 2.17. The van der Waals surface area contributed by atoms with Crippen molar-refractivity contribution in [1.29, 1.82) is 0 Å². The normalized spacial score (nSPS) is 10.4. The van der Waals surface area contributed by atoms with Gasteiger partial charge in [0.15, 0.2) is 11.6 Å². The maximum Gasteiger partial charge on any atom is 0.256 e. The van der Waals surface area contributed by atoms with Crippen molar-refractivity contribution in [1.82, 2.24) is 0 Å². The molecule has 0 radical (unpaired) electrons. The number of halogens is 4. The SMILES string of the molecule is Cc1c(Br)cccc1C(=O)Nc1c(F)cc(F)cc1F. The molecular weight excluding hydrogens is 335 g/mol. The van der Waals surface area contributed by atoms with Crippen LogP contribution >= 0.6 is 15.9 Å². The highest BCUT2D eigenvalue weighted by molar-refractivity contribution is 9.10. The lowest BCUT2D eigenvalue weighted by Crippen LogP contribution is -2.16. The molecule has 2 aromatic rings. The zero-order valence-corrected chi connectivity index (χ0v) is 11.9. The third-order valence-electron chi connectivity index (χ3n) is 2.76. The van der Waals surface area contributed by atoms with Gasteiger partial charge in [0.2, 0.25) is 0 Å². The first-order valence-electron chi connectivity index (χ1n) is 5.61. The molecule has 6 heteroatoms. The van der Waals surface area contributed by atoms with E-state index in [0.29, 0.717) is 22.2 Å². The number of benzene rings is 2. The second-order valence-electron chi connectivity index (χ2n) is 4.11. The van der Waals surface area contributed by atoms with Gasteiger partial charge >= 0.3 is 0 Å². The van der Waals surface area contributed by atoms with Crippen LogP contribution in [0.5, 0.6) is 0 Å². The second-order valence-corrected chi connectivity index (χ2v) is 4.97. The molecule has 0 unspecified atom stereocenters. The molecule has 0 fully saturated rings. The third kappa shape index (κ3) is 2.85. The number of rotatable bonds is 2. The fraction of sp³-hybridized carbons (Fsp3) is 0.0714. The Hall–Kier alpha value is -1.82. The number of carbonyl (C=O) groups is 1. The molecule has 0 saturated heterocycles. The monoisotopic (exact) mass is 343 g/mol. The van der Waals surface area contributed by atoms with Gasteiger partial charge in [-0.3, -0.25) is 4.79 Å². The minimum absolute atomic E-state index is 0.266. The van der Waals surface area contributed by atoms with Crippen molar-refractivity contribution in [2.45, 2.75) is 6.92 Å². The van der Waals surface area contributed by atoms with Crippen molar-refractivity contribution >= 4 is 27.5 Å².